The van der Waals surface area contributed by atoms with E-state index in [4.69, 9.17) is 17.3 Å². The Morgan fingerprint density at radius 1 is 1.29 bits per heavy atom. The molecule has 2 N–H and O–H groups in total. The highest BCUT2D eigenvalue weighted by Gasteiger charge is 1.98. The molecule has 2 rings (SSSR count). The lowest BCUT2D eigenvalue weighted by atomic mass is 10.4. The number of halogens is 2. The van der Waals surface area contributed by atoms with Crippen LogP contribution >= 0.6 is 24.0 Å². The van der Waals surface area contributed by atoms with Gasteiger partial charge in [-0.2, -0.15) is 5.10 Å². The molecule has 0 atom stereocenters. The predicted octanol–water partition coefficient (Wildman–Crippen LogP) is 1.92. The third-order valence-electron chi connectivity index (χ3n) is 1.56. The molecule has 0 aromatic carbocycles. The molecule has 14 heavy (non-hydrogen) atoms. The monoisotopic (exact) mass is 230 g/mol. The summed E-state index contributed by atoms with van der Waals surface area (Å²) in [5.41, 5.74) is 6.12. The third kappa shape index (κ3) is 2.16. The van der Waals surface area contributed by atoms with Crippen LogP contribution in [0.2, 0.25) is 5.02 Å². The fourth-order valence-electron chi connectivity index (χ4n) is 0.959. The van der Waals surface area contributed by atoms with E-state index in [0.29, 0.717) is 16.5 Å². The molecule has 0 aliphatic heterocycles. The van der Waals surface area contributed by atoms with Gasteiger partial charge in [0, 0.05) is 0 Å². The number of nitrogen functional groups attached to an aromatic ring is 1. The average molecular weight is 231 g/mol. The van der Waals surface area contributed by atoms with Crippen molar-refractivity contribution in [2.75, 3.05) is 5.73 Å². The van der Waals surface area contributed by atoms with Crippen molar-refractivity contribution in [2.24, 2.45) is 0 Å². The molecule has 6 heteroatoms. The highest BCUT2D eigenvalue weighted by atomic mass is 35.5. The van der Waals surface area contributed by atoms with Crippen LogP contribution in [0.15, 0.2) is 30.7 Å². The van der Waals surface area contributed by atoms with Crippen LogP contribution in [-0.2, 0) is 0 Å². The van der Waals surface area contributed by atoms with Gasteiger partial charge in [0.15, 0.2) is 5.82 Å². The Balaban J connectivity index is 0.000000980. The summed E-state index contributed by atoms with van der Waals surface area (Å²) in [5.74, 6) is 0.695. The molecule has 0 amide bonds. The van der Waals surface area contributed by atoms with Gasteiger partial charge in [0.25, 0.3) is 0 Å². The van der Waals surface area contributed by atoms with Gasteiger partial charge in [-0.3, -0.25) is 0 Å². The maximum Gasteiger partial charge on any atom is 0.153 e. The van der Waals surface area contributed by atoms with Crippen LogP contribution in [0.1, 0.15) is 0 Å². The Bertz CT molecular complexity index is 410. The molecule has 2 heterocycles. The van der Waals surface area contributed by atoms with Crippen LogP contribution < -0.4 is 5.73 Å². The molecular formula is C8H8Cl2N4. The first-order valence-electron chi connectivity index (χ1n) is 3.68. The summed E-state index contributed by atoms with van der Waals surface area (Å²) in [7, 11) is 0. The molecule has 0 spiro atoms. The van der Waals surface area contributed by atoms with Gasteiger partial charge in [-0.15, -0.1) is 12.4 Å². The molecule has 4 nitrogen and oxygen atoms in total. The number of hydrogen-bond acceptors (Lipinski definition) is 3. The Morgan fingerprint density at radius 2 is 2.07 bits per heavy atom. The second kappa shape index (κ2) is 4.30. The van der Waals surface area contributed by atoms with Crippen molar-refractivity contribution in [3.05, 3.63) is 35.7 Å². The highest BCUT2D eigenvalue weighted by Crippen LogP contribution is 2.10. The summed E-state index contributed by atoms with van der Waals surface area (Å²) in [6.45, 7) is 0. The van der Waals surface area contributed by atoms with E-state index in [-0.39, 0.29) is 12.4 Å². The van der Waals surface area contributed by atoms with Gasteiger partial charge in [0.2, 0.25) is 0 Å². The number of aromatic nitrogens is 3. The predicted molar refractivity (Wildman–Crippen MR) is 58.0 cm³/mol. The molecular weight excluding hydrogens is 223 g/mol. The minimum Gasteiger partial charge on any atom is -0.397 e. The first-order valence-corrected chi connectivity index (χ1v) is 4.05. The lowest BCUT2D eigenvalue weighted by molar-refractivity contribution is 0.847. The zero-order valence-electron chi connectivity index (χ0n) is 7.09. The molecule has 0 radical (unpaired) electrons. The van der Waals surface area contributed by atoms with Crippen molar-refractivity contribution in [2.45, 2.75) is 0 Å². The summed E-state index contributed by atoms with van der Waals surface area (Å²) >= 11 is 5.71. The maximum absolute atomic E-state index is 5.71. The van der Waals surface area contributed by atoms with E-state index in [2.05, 4.69) is 10.1 Å². The number of nitrogens with two attached hydrogens (primary N) is 1. The van der Waals surface area contributed by atoms with Crippen LogP contribution in [-0.4, -0.2) is 14.8 Å². The lowest BCUT2D eigenvalue weighted by Crippen LogP contribution is -1.97. The smallest absolute Gasteiger partial charge is 0.153 e. The Hall–Kier alpha value is -1.26. The quantitative estimate of drug-likeness (QED) is 0.815. The minimum atomic E-state index is 0. The van der Waals surface area contributed by atoms with E-state index in [1.807, 2.05) is 0 Å². The van der Waals surface area contributed by atoms with Gasteiger partial charge in [-0.1, -0.05) is 11.6 Å². The van der Waals surface area contributed by atoms with E-state index in [0.717, 1.165) is 0 Å². The number of anilines is 1. The summed E-state index contributed by atoms with van der Waals surface area (Å²) in [4.78, 5) is 4.08. The lowest BCUT2D eigenvalue weighted by Gasteiger charge is -1.98. The van der Waals surface area contributed by atoms with Gasteiger partial charge >= 0.3 is 0 Å². The molecule has 0 aliphatic rings. The fourth-order valence-corrected chi connectivity index (χ4v) is 1.10. The van der Waals surface area contributed by atoms with Crippen LogP contribution in [0.25, 0.3) is 5.82 Å². The standard InChI is InChI=1S/C8H7ClN4.ClH/c9-6-3-12-13(5-6)8-2-1-7(10)4-11-8;/h1-5H,10H2;1H. The molecule has 0 aliphatic carbocycles. The maximum atomic E-state index is 5.71. The SMILES string of the molecule is Cl.Nc1ccc(-n2cc(Cl)cn2)nc1. The van der Waals surface area contributed by atoms with E-state index in [1.165, 1.54) is 0 Å². The molecule has 2 aromatic heterocycles. The topological polar surface area (TPSA) is 56.7 Å². The molecule has 74 valence electrons. The second-order valence-electron chi connectivity index (χ2n) is 2.55. The molecule has 0 unspecified atom stereocenters. The zero-order chi connectivity index (χ0) is 9.26. The van der Waals surface area contributed by atoms with Gasteiger partial charge in [0.05, 0.1) is 29.3 Å². The van der Waals surface area contributed by atoms with Crippen molar-refractivity contribution in [3.63, 3.8) is 0 Å². The van der Waals surface area contributed by atoms with Crippen LogP contribution in [0.4, 0.5) is 5.69 Å². The van der Waals surface area contributed by atoms with Crippen LogP contribution in [0.5, 0.6) is 0 Å². The Morgan fingerprint density at radius 3 is 2.57 bits per heavy atom. The summed E-state index contributed by atoms with van der Waals surface area (Å²) < 4.78 is 1.59. The first kappa shape index (κ1) is 10.8. The van der Waals surface area contributed by atoms with Gasteiger partial charge < -0.3 is 5.73 Å². The zero-order valence-corrected chi connectivity index (χ0v) is 8.66. The van der Waals surface area contributed by atoms with Gasteiger partial charge in [-0.05, 0) is 12.1 Å². The van der Waals surface area contributed by atoms with E-state index >= 15 is 0 Å². The summed E-state index contributed by atoms with van der Waals surface area (Å²) in [6.07, 6.45) is 4.81. The number of rotatable bonds is 1. The number of hydrogen-bond donors (Lipinski definition) is 1. The average Bonchev–Trinajstić information content (AvgIpc) is 2.53. The third-order valence-corrected chi connectivity index (χ3v) is 1.75. The normalized spacial score (nSPS) is 9.50. The summed E-state index contributed by atoms with van der Waals surface area (Å²) in [5, 5.41) is 4.58. The van der Waals surface area contributed by atoms with Crippen molar-refractivity contribution >= 4 is 29.7 Å². The number of pyridine rings is 1. The second-order valence-corrected chi connectivity index (χ2v) is 2.99. The molecule has 2 aromatic rings. The molecule has 0 saturated heterocycles. The Labute approximate surface area is 92.1 Å². The molecule has 0 fully saturated rings. The van der Waals surface area contributed by atoms with E-state index in [9.17, 15) is 0 Å². The Kier molecular flexibility index (Phi) is 3.33. The first-order chi connectivity index (χ1) is 6.25. The summed E-state index contributed by atoms with van der Waals surface area (Å²) in [6, 6.07) is 3.54. The largest absolute Gasteiger partial charge is 0.397 e. The minimum absolute atomic E-state index is 0. The van der Waals surface area contributed by atoms with Crippen molar-refractivity contribution in [1.82, 2.24) is 14.8 Å². The van der Waals surface area contributed by atoms with Gasteiger partial charge in [0.1, 0.15) is 0 Å². The van der Waals surface area contributed by atoms with Crippen molar-refractivity contribution in [3.8, 4) is 5.82 Å². The van der Waals surface area contributed by atoms with E-state index < -0.39 is 0 Å². The van der Waals surface area contributed by atoms with E-state index in [1.54, 1.807) is 35.4 Å². The van der Waals surface area contributed by atoms with Crippen molar-refractivity contribution < 1.29 is 0 Å². The van der Waals surface area contributed by atoms with Crippen LogP contribution in [0.3, 0.4) is 0 Å². The van der Waals surface area contributed by atoms with Crippen LogP contribution in [0, 0.1) is 0 Å². The highest BCUT2D eigenvalue weighted by molar-refractivity contribution is 6.30. The fraction of sp³-hybridized carbons (Fsp3) is 0. The van der Waals surface area contributed by atoms with Crippen molar-refractivity contribution in [1.29, 1.82) is 0 Å². The molecule has 0 saturated carbocycles. The molecule has 0 bridgehead atoms. The number of nitrogens with zero attached hydrogens (tertiary/aromatic N) is 3. The van der Waals surface area contributed by atoms with Gasteiger partial charge in [-0.25, -0.2) is 9.67 Å².